The molecule has 7 heteroatoms. The van der Waals surface area contributed by atoms with Crippen LogP contribution in [0, 0.1) is 0 Å². The Morgan fingerprint density at radius 3 is 1.86 bits per heavy atom. The van der Waals surface area contributed by atoms with Gasteiger partial charge in [0.25, 0.3) is 0 Å². The molecule has 0 fully saturated rings. The average Bonchev–Trinajstić information content (AvgIpc) is 2.87. The number of methoxy groups -OCH3 is 3. The summed E-state index contributed by atoms with van der Waals surface area (Å²) in [6, 6.07) is 17.9. The van der Waals surface area contributed by atoms with E-state index in [-0.39, 0.29) is 6.10 Å². The number of hydrogen-bond acceptors (Lipinski definition) is 7. The molecule has 2 atom stereocenters. The summed E-state index contributed by atoms with van der Waals surface area (Å²) in [5.41, 5.74) is 2.45. The fourth-order valence-electron chi connectivity index (χ4n) is 3.42. The molecule has 3 rings (SSSR count). The van der Waals surface area contributed by atoms with Gasteiger partial charge in [0.2, 0.25) is 5.75 Å². The van der Waals surface area contributed by atoms with Crippen LogP contribution in [0.2, 0.25) is 0 Å². The van der Waals surface area contributed by atoms with Crippen molar-refractivity contribution in [1.29, 1.82) is 0 Å². The molecule has 0 amide bonds. The quantitative estimate of drug-likeness (QED) is 0.233. The SMILES string of the molecule is COc1cc(C=CC(=O)Oc2ccc([C@H](C)Oc3ccc([C@@H](C)O)cc3)cc2)cc(OC)c1OC. The summed E-state index contributed by atoms with van der Waals surface area (Å²) in [7, 11) is 4.59. The first-order valence-corrected chi connectivity index (χ1v) is 11.1. The molecule has 0 aromatic heterocycles. The zero-order chi connectivity index (χ0) is 25.4. The van der Waals surface area contributed by atoms with E-state index in [9.17, 15) is 9.90 Å². The molecule has 0 spiro atoms. The van der Waals surface area contributed by atoms with E-state index in [1.54, 1.807) is 37.3 Å². The number of esters is 1. The van der Waals surface area contributed by atoms with Crippen molar-refractivity contribution in [1.82, 2.24) is 0 Å². The molecular weight excluding hydrogens is 448 g/mol. The minimum absolute atomic E-state index is 0.211. The molecule has 184 valence electrons. The standard InChI is InChI=1S/C28H30O7/c1-18(29)21-7-11-23(12-8-21)34-19(2)22-9-13-24(14-10-22)35-27(30)15-6-20-16-25(31-3)28(33-5)26(17-20)32-4/h6-19,29H,1-5H3/t18-,19+/m1/s1. The maximum absolute atomic E-state index is 12.3. The molecule has 35 heavy (non-hydrogen) atoms. The van der Waals surface area contributed by atoms with E-state index in [2.05, 4.69) is 0 Å². The zero-order valence-corrected chi connectivity index (χ0v) is 20.5. The summed E-state index contributed by atoms with van der Waals surface area (Å²) in [6.07, 6.45) is 2.21. The molecule has 0 radical (unpaired) electrons. The Hall–Kier alpha value is -3.97. The van der Waals surface area contributed by atoms with Crippen LogP contribution in [-0.2, 0) is 4.79 Å². The van der Waals surface area contributed by atoms with Gasteiger partial charge in [-0.05, 0) is 73.0 Å². The predicted octanol–water partition coefficient (Wildman–Crippen LogP) is 5.52. The highest BCUT2D eigenvalue weighted by Gasteiger charge is 2.13. The van der Waals surface area contributed by atoms with E-state index in [4.69, 9.17) is 23.7 Å². The Kier molecular flexibility index (Phi) is 8.75. The van der Waals surface area contributed by atoms with Gasteiger partial charge in [0.05, 0.1) is 27.4 Å². The van der Waals surface area contributed by atoms with Crippen LogP contribution in [-0.4, -0.2) is 32.4 Å². The molecule has 0 aliphatic heterocycles. The first-order valence-electron chi connectivity index (χ1n) is 11.1. The average molecular weight is 479 g/mol. The van der Waals surface area contributed by atoms with Gasteiger partial charge in [-0.3, -0.25) is 0 Å². The van der Waals surface area contributed by atoms with Crippen LogP contribution in [0.5, 0.6) is 28.7 Å². The van der Waals surface area contributed by atoms with Gasteiger partial charge in [-0.1, -0.05) is 24.3 Å². The van der Waals surface area contributed by atoms with Gasteiger partial charge in [0.1, 0.15) is 17.6 Å². The smallest absolute Gasteiger partial charge is 0.336 e. The molecule has 7 nitrogen and oxygen atoms in total. The van der Waals surface area contributed by atoms with Crippen LogP contribution in [0.25, 0.3) is 6.08 Å². The second-order valence-electron chi connectivity index (χ2n) is 7.79. The van der Waals surface area contributed by atoms with Gasteiger partial charge >= 0.3 is 5.97 Å². The maximum Gasteiger partial charge on any atom is 0.336 e. The molecule has 3 aromatic carbocycles. The lowest BCUT2D eigenvalue weighted by Crippen LogP contribution is -2.05. The van der Waals surface area contributed by atoms with Crippen molar-refractivity contribution in [3.05, 3.63) is 83.4 Å². The number of aliphatic hydroxyl groups excluding tert-OH is 1. The lowest BCUT2D eigenvalue weighted by Gasteiger charge is -2.16. The largest absolute Gasteiger partial charge is 0.493 e. The number of hydrogen-bond donors (Lipinski definition) is 1. The van der Waals surface area contributed by atoms with Crippen LogP contribution in [0.4, 0.5) is 0 Å². The van der Waals surface area contributed by atoms with Crippen LogP contribution < -0.4 is 23.7 Å². The molecule has 0 heterocycles. The predicted molar refractivity (Wildman–Crippen MR) is 133 cm³/mol. The van der Waals surface area contributed by atoms with Crippen molar-refractivity contribution >= 4 is 12.0 Å². The van der Waals surface area contributed by atoms with Gasteiger partial charge in [-0.25, -0.2) is 4.79 Å². The second-order valence-corrected chi connectivity index (χ2v) is 7.79. The molecular formula is C28H30O7. The van der Waals surface area contributed by atoms with E-state index in [0.717, 1.165) is 11.1 Å². The fraction of sp³-hybridized carbons (Fsp3) is 0.250. The van der Waals surface area contributed by atoms with Crippen molar-refractivity contribution < 1.29 is 33.6 Å². The number of rotatable bonds is 10. The summed E-state index contributed by atoms with van der Waals surface area (Å²) in [6.45, 7) is 3.65. The zero-order valence-electron chi connectivity index (χ0n) is 20.5. The number of carbonyl (C=O) groups is 1. The van der Waals surface area contributed by atoms with Crippen molar-refractivity contribution in [2.24, 2.45) is 0 Å². The minimum atomic E-state index is -0.520. The number of ether oxygens (including phenoxy) is 5. The molecule has 0 bridgehead atoms. The second kappa shape index (κ2) is 11.9. The van der Waals surface area contributed by atoms with Crippen LogP contribution in [0.3, 0.4) is 0 Å². The Balaban J connectivity index is 1.61. The van der Waals surface area contributed by atoms with Gasteiger partial charge in [-0.15, -0.1) is 0 Å². The number of benzene rings is 3. The molecule has 0 aliphatic rings. The highest BCUT2D eigenvalue weighted by molar-refractivity contribution is 5.89. The van der Waals surface area contributed by atoms with Crippen molar-refractivity contribution in [3.63, 3.8) is 0 Å². The van der Waals surface area contributed by atoms with Crippen molar-refractivity contribution in [3.8, 4) is 28.7 Å². The normalized spacial score (nSPS) is 12.6. The highest BCUT2D eigenvalue weighted by atomic mass is 16.5. The Bertz CT molecular complexity index is 1120. The third-order valence-corrected chi connectivity index (χ3v) is 5.34. The molecule has 0 saturated heterocycles. The Morgan fingerprint density at radius 1 is 0.800 bits per heavy atom. The fourth-order valence-corrected chi connectivity index (χ4v) is 3.42. The van der Waals surface area contributed by atoms with Gasteiger partial charge < -0.3 is 28.8 Å². The molecule has 3 aromatic rings. The van der Waals surface area contributed by atoms with E-state index in [0.29, 0.717) is 34.3 Å². The number of carbonyl (C=O) groups excluding carboxylic acids is 1. The van der Waals surface area contributed by atoms with E-state index < -0.39 is 12.1 Å². The molecule has 1 N–H and O–H groups in total. The third-order valence-electron chi connectivity index (χ3n) is 5.34. The highest BCUT2D eigenvalue weighted by Crippen LogP contribution is 2.38. The lowest BCUT2D eigenvalue weighted by molar-refractivity contribution is -0.128. The first-order chi connectivity index (χ1) is 16.8. The summed E-state index contributed by atoms with van der Waals surface area (Å²) in [5.74, 6) is 2.06. The molecule has 0 aliphatic carbocycles. The van der Waals surface area contributed by atoms with E-state index in [1.807, 2.05) is 43.3 Å². The van der Waals surface area contributed by atoms with E-state index >= 15 is 0 Å². The van der Waals surface area contributed by atoms with Gasteiger partial charge in [-0.2, -0.15) is 0 Å². The van der Waals surface area contributed by atoms with Crippen molar-refractivity contribution in [2.75, 3.05) is 21.3 Å². The molecule has 0 saturated carbocycles. The van der Waals surface area contributed by atoms with E-state index in [1.165, 1.54) is 27.4 Å². The number of aliphatic hydroxyl groups is 1. The monoisotopic (exact) mass is 478 g/mol. The third kappa shape index (κ3) is 6.77. The van der Waals surface area contributed by atoms with Gasteiger partial charge in [0.15, 0.2) is 11.5 Å². The lowest BCUT2D eigenvalue weighted by atomic mass is 10.1. The van der Waals surface area contributed by atoms with Crippen LogP contribution in [0.15, 0.2) is 66.7 Å². The first kappa shape index (κ1) is 25.6. The summed E-state index contributed by atoms with van der Waals surface area (Å²) < 4.78 is 27.3. The summed E-state index contributed by atoms with van der Waals surface area (Å²) in [5, 5.41) is 9.62. The van der Waals surface area contributed by atoms with Crippen LogP contribution >= 0.6 is 0 Å². The summed E-state index contributed by atoms with van der Waals surface area (Å²) >= 11 is 0. The van der Waals surface area contributed by atoms with Gasteiger partial charge in [0, 0.05) is 6.08 Å². The minimum Gasteiger partial charge on any atom is -0.493 e. The van der Waals surface area contributed by atoms with Crippen molar-refractivity contribution in [2.45, 2.75) is 26.1 Å². The molecule has 0 unspecified atom stereocenters. The summed E-state index contributed by atoms with van der Waals surface area (Å²) in [4.78, 5) is 12.3. The Labute approximate surface area is 205 Å². The Morgan fingerprint density at radius 2 is 1.34 bits per heavy atom. The van der Waals surface area contributed by atoms with Crippen LogP contribution in [0.1, 0.15) is 42.7 Å². The maximum atomic E-state index is 12.3. The topological polar surface area (TPSA) is 83.5 Å².